The van der Waals surface area contributed by atoms with Crippen LogP contribution in [0.2, 0.25) is 10.0 Å². The van der Waals surface area contributed by atoms with Crippen LogP contribution in [0.15, 0.2) is 12.1 Å². The molecule has 19 heavy (non-hydrogen) atoms. The number of hydrogen-bond donors (Lipinski definition) is 1. The maximum atomic E-state index is 6.30. The van der Waals surface area contributed by atoms with Crippen molar-refractivity contribution in [2.45, 2.75) is 25.8 Å². The molecule has 3 nitrogen and oxygen atoms in total. The summed E-state index contributed by atoms with van der Waals surface area (Å²) in [5.74, 6) is 0.894. The second-order valence-electron chi connectivity index (χ2n) is 4.74. The van der Waals surface area contributed by atoms with Crippen molar-refractivity contribution in [3.8, 4) is 5.75 Å². The second kappa shape index (κ2) is 6.80. The predicted octanol–water partition coefficient (Wildman–Crippen LogP) is 3.82. The molecule has 0 radical (unpaired) electrons. The van der Waals surface area contributed by atoms with Gasteiger partial charge in [0.25, 0.3) is 0 Å². The molecule has 0 aromatic heterocycles. The molecule has 1 aromatic carbocycles. The van der Waals surface area contributed by atoms with Crippen molar-refractivity contribution < 1.29 is 9.47 Å². The molecule has 1 aliphatic rings. The molecule has 1 aliphatic heterocycles. The van der Waals surface area contributed by atoms with Gasteiger partial charge >= 0.3 is 0 Å². The van der Waals surface area contributed by atoms with Gasteiger partial charge in [0.15, 0.2) is 0 Å². The highest BCUT2D eigenvalue weighted by atomic mass is 35.5. The zero-order valence-corrected chi connectivity index (χ0v) is 12.5. The van der Waals surface area contributed by atoms with Gasteiger partial charge in [0, 0.05) is 29.7 Å². The van der Waals surface area contributed by atoms with Crippen LogP contribution in [0.5, 0.6) is 5.75 Å². The Bertz CT molecular complexity index is 434. The van der Waals surface area contributed by atoms with Crippen molar-refractivity contribution in [1.82, 2.24) is 0 Å². The first-order chi connectivity index (χ1) is 9.13. The second-order valence-corrected chi connectivity index (χ2v) is 5.55. The summed E-state index contributed by atoms with van der Waals surface area (Å²) in [4.78, 5) is 0. The lowest BCUT2D eigenvalue weighted by Crippen LogP contribution is -2.29. The summed E-state index contributed by atoms with van der Waals surface area (Å²) in [5, 5.41) is 1.15. The molecule has 2 atom stereocenters. The van der Waals surface area contributed by atoms with E-state index in [-0.39, 0.29) is 6.04 Å². The molecule has 5 heteroatoms. The Balaban J connectivity index is 2.21. The molecule has 2 unspecified atom stereocenters. The molecule has 1 heterocycles. The van der Waals surface area contributed by atoms with Crippen molar-refractivity contribution >= 4 is 23.2 Å². The summed E-state index contributed by atoms with van der Waals surface area (Å²) in [6, 6.07) is 3.40. The highest BCUT2D eigenvalue weighted by molar-refractivity contribution is 6.34. The third kappa shape index (κ3) is 3.54. The van der Waals surface area contributed by atoms with Gasteiger partial charge in [-0.2, -0.15) is 0 Å². The first-order valence-electron chi connectivity index (χ1n) is 6.58. The van der Waals surface area contributed by atoms with Crippen molar-refractivity contribution in [3.05, 3.63) is 27.7 Å². The van der Waals surface area contributed by atoms with Crippen LogP contribution in [0, 0.1) is 5.92 Å². The lowest BCUT2D eigenvalue weighted by molar-refractivity contribution is 0.0448. The first-order valence-corrected chi connectivity index (χ1v) is 7.34. The van der Waals surface area contributed by atoms with Crippen LogP contribution in [0.25, 0.3) is 0 Å². The third-order valence-corrected chi connectivity index (χ3v) is 4.04. The van der Waals surface area contributed by atoms with Gasteiger partial charge in [-0.25, -0.2) is 0 Å². The van der Waals surface area contributed by atoms with Crippen molar-refractivity contribution in [3.63, 3.8) is 0 Å². The molecule has 2 rings (SSSR count). The summed E-state index contributed by atoms with van der Waals surface area (Å²) in [7, 11) is 0. The molecule has 0 spiro atoms. The number of ether oxygens (including phenoxy) is 2. The van der Waals surface area contributed by atoms with E-state index in [2.05, 4.69) is 0 Å². The van der Waals surface area contributed by atoms with Crippen molar-refractivity contribution in [1.29, 1.82) is 0 Å². The number of halogens is 2. The molecule has 1 aromatic rings. The Kier molecular flexibility index (Phi) is 5.34. The molecule has 0 bridgehead atoms. The van der Waals surface area contributed by atoms with Gasteiger partial charge < -0.3 is 15.2 Å². The SMILES string of the molecule is CCOc1cc(Cl)c(C(N)C2CCCOC2)cc1Cl. The Morgan fingerprint density at radius 2 is 2.21 bits per heavy atom. The Morgan fingerprint density at radius 3 is 2.84 bits per heavy atom. The van der Waals surface area contributed by atoms with Gasteiger partial charge in [0.05, 0.1) is 18.2 Å². The number of benzene rings is 1. The van der Waals surface area contributed by atoms with Crippen molar-refractivity contribution in [2.75, 3.05) is 19.8 Å². The Hall–Kier alpha value is -0.480. The topological polar surface area (TPSA) is 44.5 Å². The fourth-order valence-corrected chi connectivity index (χ4v) is 2.87. The minimum atomic E-state index is -0.152. The fourth-order valence-electron chi connectivity index (χ4n) is 2.37. The number of rotatable bonds is 4. The van der Waals surface area contributed by atoms with Crippen LogP contribution in [0.4, 0.5) is 0 Å². The van der Waals surface area contributed by atoms with E-state index in [0.717, 1.165) is 25.0 Å². The standard InChI is InChI=1S/C14H19Cl2NO2/c1-2-19-13-7-11(15)10(6-12(13)16)14(17)9-4-3-5-18-8-9/h6-7,9,14H,2-5,8,17H2,1H3. The molecule has 2 N–H and O–H groups in total. The molecular weight excluding hydrogens is 285 g/mol. The van der Waals surface area contributed by atoms with Gasteiger partial charge in [0.1, 0.15) is 5.75 Å². The highest BCUT2D eigenvalue weighted by Gasteiger charge is 2.25. The smallest absolute Gasteiger partial charge is 0.139 e. The summed E-state index contributed by atoms with van der Waals surface area (Å²) in [6.45, 7) is 3.96. The Labute approximate surface area is 124 Å². The van der Waals surface area contributed by atoms with E-state index in [0.29, 0.717) is 34.9 Å². The maximum Gasteiger partial charge on any atom is 0.139 e. The predicted molar refractivity (Wildman–Crippen MR) is 78.1 cm³/mol. The van der Waals surface area contributed by atoms with E-state index >= 15 is 0 Å². The van der Waals surface area contributed by atoms with E-state index in [9.17, 15) is 0 Å². The minimum absolute atomic E-state index is 0.152. The Morgan fingerprint density at radius 1 is 1.42 bits per heavy atom. The number of hydrogen-bond acceptors (Lipinski definition) is 3. The third-order valence-electron chi connectivity index (χ3n) is 3.41. The molecule has 1 fully saturated rings. The molecule has 0 aliphatic carbocycles. The number of nitrogens with two attached hydrogens (primary N) is 1. The summed E-state index contributed by atoms with van der Waals surface area (Å²) >= 11 is 12.5. The van der Waals surface area contributed by atoms with Crippen LogP contribution in [0.1, 0.15) is 31.4 Å². The summed E-state index contributed by atoms with van der Waals surface area (Å²) < 4.78 is 10.9. The minimum Gasteiger partial charge on any atom is -0.492 e. The van der Waals surface area contributed by atoms with E-state index in [4.69, 9.17) is 38.4 Å². The van der Waals surface area contributed by atoms with Gasteiger partial charge in [-0.05, 0) is 31.4 Å². The van der Waals surface area contributed by atoms with E-state index in [1.165, 1.54) is 0 Å². The van der Waals surface area contributed by atoms with Crippen LogP contribution in [-0.2, 0) is 4.74 Å². The largest absolute Gasteiger partial charge is 0.492 e. The molecular formula is C14H19Cl2NO2. The average Bonchev–Trinajstić information content (AvgIpc) is 2.43. The van der Waals surface area contributed by atoms with E-state index in [1.807, 2.05) is 13.0 Å². The normalized spacial score (nSPS) is 21.2. The van der Waals surface area contributed by atoms with Gasteiger partial charge in [-0.1, -0.05) is 23.2 Å². The van der Waals surface area contributed by atoms with Crippen molar-refractivity contribution in [2.24, 2.45) is 11.7 Å². The van der Waals surface area contributed by atoms with Crippen LogP contribution in [-0.4, -0.2) is 19.8 Å². The maximum absolute atomic E-state index is 6.30. The van der Waals surface area contributed by atoms with Gasteiger partial charge in [-0.15, -0.1) is 0 Å². The van der Waals surface area contributed by atoms with Gasteiger partial charge in [0.2, 0.25) is 0 Å². The van der Waals surface area contributed by atoms with E-state index in [1.54, 1.807) is 6.07 Å². The monoisotopic (exact) mass is 303 g/mol. The van der Waals surface area contributed by atoms with Crippen LogP contribution in [0.3, 0.4) is 0 Å². The molecule has 1 saturated heterocycles. The van der Waals surface area contributed by atoms with E-state index < -0.39 is 0 Å². The quantitative estimate of drug-likeness (QED) is 0.919. The molecule has 0 amide bonds. The molecule has 106 valence electrons. The average molecular weight is 304 g/mol. The lowest BCUT2D eigenvalue weighted by Gasteiger charge is -2.28. The summed E-state index contributed by atoms with van der Waals surface area (Å²) in [5.41, 5.74) is 7.17. The zero-order valence-electron chi connectivity index (χ0n) is 11.0. The summed E-state index contributed by atoms with van der Waals surface area (Å²) in [6.07, 6.45) is 2.10. The van der Waals surface area contributed by atoms with Gasteiger partial charge in [-0.3, -0.25) is 0 Å². The lowest BCUT2D eigenvalue weighted by atomic mass is 9.89. The van der Waals surface area contributed by atoms with Crippen LogP contribution >= 0.6 is 23.2 Å². The molecule has 0 saturated carbocycles. The highest BCUT2D eigenvalue weighted by Crippen LogP contribution is 2.37. The first kappa shape index (κ1) is 14.9. The fraction of sp³-hybridized carbons (Fsp3) is 0.571. The van der Waals surface area contributed by atoms with Crippen LogP contribution < -0.4 is 10.5 Å². The zero-order chi connectivity index (χ0) is 13.8.